The third-order valence-electron chi connectivity index (χ3n) is 2.16. The van der Waals surface area contributed by atoms with Gasteiger partial charge in [-0.25, -0.2) is 0 Å². The molecule has 0 N–H and O–H groups in total. The van der Waals surface area contributed by atoms with E-state index in [1.807, 2.05) is 0 Å². The van der Waals surface area contributed by atoms with Crippen molar-refractivity contribution in [1.82, 2.24) is 4.98 Å². The fourth-order valence-corrected chi connectivity index (χ4v) is 1.41. The second-order valence-corrected chi connectivity index (χ2v) is 2.97. The predicted molar refractivity (Wildman–Crippen MR) is 49.2 cm³/mol. The first-order valence-corrected chi connectivity index (χ1v) is 4.00. The van der Waals surface area contributed by atoms with Crippen LogP contribution in [0.1, 0.15) is 37.7 Å². The molecule has 0 bridgehead atoms. The minimum absolute atomic E-state index is 0.521. The molecule has 1 aromatic rings. The molecule has 68 valence electrons. The molecule has 0 atom stereocenters. The second kappa shape index (κ2) is 3.47. The highest BCUT2D eigenvalue weighted by molar-refractivity contribution is 5.87. The molecule has 0 spiro atoms. The van der Waals surface area contributed by atoms with Gasteiger partial charge in [0.05, 0.1) is 0 Å². The van der Waals surface area contributed by atoms with Crippen LogP contribution in [-0.4, -0.2) is 17.6 Å². The smallest absolute Gasteiger partial charge is 0.152 e. The number of rotatable bonds is 2. The molecule has 0 saturated carbocycles. The zero-order valence-electron chi connectivity index (χ0n) is 7.92. The Morgan fingerprint density at radius 1 is 0.923 bits per heavy atom. The highest BCUT2D eigenvalue weighted by atomic mass is 16.1. The first-order chi connectivity index (χ1) is 6.11. The Morgan fingerprint density at radius 3 is 1.62 bits per heavy atom. The van der Waals surface area contributed by atoms with Crippen molar-refractivity contribution in [2.75, 3.05) is 0 Å². The minimum atomic E-state index is 0.521. The van der Waals surface area contributed by atoms with Gasteiger partial charge < -0.3 is 0 Å². The van der Waals surface area contributed by atoms with Crippen LogP contribution < -0.4 is 0 Å². The molecule has 0 aliphatic carbocycles. The highest BCUT2D eigenvalue weighted by Crippen LogP contribution is 2.15. The number of aromatic nitrogens is 1. The van der Waals surface area contributed by atoms with Crippen molar-refractivity contribution >= 4 is 12.6 Å². The molecule has 1 aromatic heterocycles. The topological polar surface area (TPSA) is 47.0 Å². The Morgan fingerprint density at radius 2 is 1.31 bits per heavy atom. The van der Waals surface area contributed by atoms with E-state index < -0.39 is 0 Å². The normalized spacial score (nSPS) is 9.77. The van der Waals surface area contributed by atoms with Crippen LogP contribution in [0.25, 0.3) is 0 Å². The Balaban J connectivity index is 3.56. The molecule has 0 fully saturated rings. The summed E-state index contributed by atoms with van der Waals surface area (Å²) in [6, 6.07) is 0. The molecule has 0 radical (unpaired) electrons. The van der Waals surface area contributed by atoms with E-state index in [2.05, 4.69) is 4.98 Å². The lowest BCUT2D eigenvalue weighted by molar-refractivity contribution is 0.112. The monoisotopic (exact) mass is 177 g/mol. The zero-order chi connectivity index (χ0) is 10.0. The number of hydrogen-bond donors (Lipinski definition) is 0. The van der Waals surface area contributed by atoms with Gasteiger partial charge in [-0.05, 0) is 26.3 Å². The molecule has 1 rings (SSSR count). The van der Waals surface area contributed by atoms with E-state index >= 15 is 0 Å². The molecule has 0 aliphatic heterocycles. The largest absolute Gasteiger partial charge is 0.298 e. The molecule has 1 heterocycles. The van der Waals surface area contributed by atoms with E-state index in [9.17, 15) is 9.59 Å². The number of carbonyl (C=O) groups excluding carboxylic acids is 2. The van der Waals surface area contributed by atoms with Crippen molar-refractivity contribution in [3.8, 4) is 0 Å². The standard InChI is InChI=1S/C10H11NO2/c1-6-9(4-12)7(2)11-8(3)10(6)5-13/h4-5H,1-3H3. The van der Waals surface area contributed by atoms with Crippen LogP contribution in [0.2, 0.25) is 0 Å². The van der Waals surface area contributed by atoms with E-state index in [1.54, 1.807) is 20.8 Å². The molecule has 0 aliphatic rings. The SMILES string of the molecule is Cc1nc(C)c(C=O)c(C)c1C=O. The molecule has 0 aromatic carbocycles. The summed E-state index contributed by atoms with van der Waals surface area (Å²) in [7, 11) is 0. The summed E-state index contributed by atoms with van der Waals surface area (Å²) in [5.41, 5.74) is 3.11. The maximum absolute atomic E-state index is 10.7. The number of hydrogen-bond acceptors (Lipinski definition) is 3. The van der Waals surface area contributed by atoms with Crippen LogP contribution in [0.4, 0.5) is 0 Å². The molecule has 13 heavy (non-hydrogen) atoms. The highest BCUT2D eigenvalue weighted by Gasteiger charge is 2.10. The van der Waals surface area contributed by atoms with Gasteiger partial charge in [-0.3, -0.25) is 14.6 Å². The van der Waals surface area contributed by atoms with Crippen molar-refractivity contribution in [3.05, 3.63) is 28.1 Å². The Hall–Kier alpha value is -1.51. The average Bonchev–Trinajstić information content (AvgIpc) is 2.04. The maximum Gasteiger partial charge on any atom is 0.152 e. The van der Waals surface area contributed by atoms with Crippen molar-refractivity contribution < 1.29 is 9.59 Å². The lowest BCUT2D eigenvalue weighted by atomic mass is 10.0. The summed E-state index contributed by atoms with van der Waals surface area (Å²) < 4.78 is 0. The van der Waals surface area contributed by atoms with Crippen LogP contribution in [0, 0.1) is 20.8 Å². The van der Waals surface area contributed by atoms with Crippen molar-refractivity contribution in [1.29, 1.82) is 0 Å². The van der Waals surface area contributed by atoms with Crippen molar-refractivity contribution in [2.45, 2.75) is 20.8 Å². The molecule has 0 unspecified atom stereocenters. The van der Waals surface area contributed by atoms with Crippen LogP contribution >= 0.6 is 0 Å². The Bertz CT molecular complexity index is 337. The van der Waals surface area contributed by atoms with E-state index in [-0.39, 0.29) is 0 Å². The van der Waals surface area contributed by atoms with Crippen LogP contribution in [0.3, 0.4) is 0 Å². The molecular formula is C10H11NO2. The van der Waals surface area contributed by atoms with Gasteiger partial charge in [0.25, 0.3) is 0 Å². The number of aryl methyl sites for hydroxylation is 2. The van der Waals surface area contributed by atoms with Crippen LogP contribution in [-0.2, 0) is 0 Å². The van der Waals surface area contributed by atoms with Gasteiger partial charge in [0.15, 0.2) is 12.6 Å². The van der Waals surface area contributed by atoms with Gasteiger partial charge in [0.1, 0.15) is 0 Å². The summed E-state index contributed by atoms with van der Waals surface area (Å²) in [5.74, 6) is 0. The molecular weight excluding hydrogens is 166 g/mol. The van der Waals surface area contributed by atoms with Crippen LogP contribution in [0.15, 0.2) is 0 Å². The lowest BCUT2D eigenvalue weighted by Crippen LogP contribution is -2.03. The van der Waals surface area contributed by atoms with Gasteiger partial charge in [-0.2, -0.15) is 0 Å². The third-order valence-corrected chi connectivity index (χ3v) is 2.16. The van der Waals surface area contributed by atoms with E-state index in [0.717, 1.165) is 18.1 Å². The van der Waals surface area contributed by atoms with Gasteiger partial charge >= 0.3 is 0 Å². The summed E-state index contributed by atoms with van der Waals surface area (Å²) in [5, 5.41) is 0. The number of pyridine rings is 1. The van der Waals surface area contributed by atoms with Crippen molar-refractivity contribution in [3.63, 3.8) is 0 Å². The first kappa shape index (κ1) is 9.58. The summed E-state index contributed by atoms with van der Waals surface area (Å²) in [4.78, 5) is 25.5. The van der Waals surface area contributed by atoms with E-state index in [1.165, 1.54) is 0 Å². The molecule has 3 heteroatoms. The van der Waals surface area contributed by atoms with Crippen LogP contribution in [0.5, 0.6) is 0 Å². The average molecular weight is 177 g/mol. The van der Waals surface area contributed by atoms with E-state index in [4.69, 9.17) is 0 Å². The fraction of sp³-hybridized carbons (Fsp3) is 0.300. The molecule has 0 saturated heterocycles. The summed E-state index contributed by atoms with van der Waals surface area (Å²) in [6.45, 7) is 5.28. The zero-order valence-corrected chi connectivity index (χ0v) is 7.92. The molecule has 3 nitrogen and oxygen atoms in total. The maximum atomic E-state index is 10.7. The molecule has 0 amide bonds. The predicted octanol–water partition coefficient (Wildman–Crippen LogP) is 1.63. The van der Waals surface area contributed by atoms with Gasteiger partial charge in [-0.15, -0.1) is 0 Å². The number of aldehydes is 2. The van der Waals surface area contributed by atoms with Gasteiger partial charge in [0, 0.05) is 22.5 Å². The Labute approximate surface area is 76.8 Å². The second-order valence-electron chi connectivity index (χ2n) is 2.97. The number of carbonyl (C=O) groups is 2. The minimum Gasteiger partial charge on any atom is -0.298 e. The first-order valence-electron chi connectivity index (χ1n) is 4.00. The number of nitrogens with zero attached hydrogens (tertiary/aromatic N) is 1. The van der Waals surface area contributed by atoms with Crippen molar-refractivity contribution in [2.24, 2.45) is 0 Å². The third kappa shape index (κ3) is 1.49. The summed E-state index contributed by atoms with van der Waals surface area (Å²) >= 11 is 0. The Kier molecular flexibility index (Phi) is 2.56. The lowest BCUT2D eigenvalue weighted by Gasteiger charge is -2.07. The summed E-state index contributed by atoms with van der Waals surface area (Å²) in [6.07, 6.45) is 1.48. The van der Waals surface area contributed by atoms with Gasteiger partial charge in [-0.1, -0.05) is 0 Å². The van der Waals surface area contributed by atoms with Gasteiger partial charge in [0.2, 0.25) is 0 Å². The quantitative estimate of drug-likeness (QED) is 0.645. The van der Waals surface area contributed by atoms with E-state index in [0.29, 0.717) is 22.5 Å². The fourth-order valence-electron chi connectivity index (χ4n) is 1.41.